The molecule has 0 aliphatic heterocycles. The van der Waals surface area contributed by atoms with Crippen LogP contribution in [0.2, 0.25) is 0 Å². The van der Waals surface area contributed by atoms with E-state index in [-0.39, 0.29) is 5.91 Å². The number of carbonyl (C=O) groups is 1. The highest BCUT2D eigenvalue weighted by Crippen LogP contribution is 2.20. The zero-order chi connectivity index (χ0) is 20.8. The highest BCUT2D eigenvalue weighted by Gasteiger charge is 2.12. The molecule has 0 radical (unpaired) electrons. The summed E-state index contributed by atoms with van der Waals surface area (Å²) in [5.41, 5.74) is 4.91. The summed E-state index contributed by atoms with van der Waals surface area (Å²) < 4.78 is 0. The van der Waals surface area contributed by atoms with Crippen LogP contribution in [-0.4, -0.2) is 29.0 Å². The Morgan fingerprint density at radius 2 is 1.66 bits per heavy atom. The Morgan fingerprint density at radius 1 is 0.931 bits per heavy atom. The van der Waals surface area contributed by atoms with Gasteiger partial charge in [0.2, 0.25) is 5.95 Å². The van der Waals surface area contributed by atoms with Crippen LogP contribution in [-0.2, 0) is 0 Å². The lowest BCUT2D eigenvalue weighted by Crippen LogP contribution is -2.21. The minimum absolute atomic E-state index is 0.263. The second-order valence-corrected chi connectivity index (χ2v) is 6.89. The predicted octanol–water partition coefficient (Wildman–Crippen LogP) is 4.94. The van der Waals surface area contributed by atoms with Gasteiger partial charge < -0.3 is 15.5 Å². The van der Waals surface area contributed by atoms with Gasteiger partial charge in [0.25, 0.3) is 5.91 Å². The molecule has 0 aliphatic rings. The van der Waals surface area contributed by atoms with Gasteiger partial charge in [0, 0.05) is 35.8 Å². The van der Waals surface area contributed by atoms with Crippen LogP contribution < -0.4 is 15.5 Å². The first-order valence-electron chi connectivity index (χ1n) is 9.84. The van der Waals surface area contributed by atoms with Gasteiger partial charge in [-0.05, 0) is 75.7 Å². The third-order valence-electron chi connectivity index (χ3n) is 4.61. The van der Waals surface area contributed by atoms with Gasteiger partial charge in [-0.2, -0.15) is 0 Å². The van der Waals surface area contributed by atoms with Gasteiger partial charge >= 0.3 is 0 Å². The number of nitrogens with zero attached hydrogens (tertiary/aromatic N) is 3. The van der Waals surface area contributed by atoms with Gasteiger partial charge in [0.05, 0.1) is 0 Å². The van der Waals surface area contributed by atoms with Crippen molar-refractivity contribution in [3.05, 3.63) is 71.5 Å². The zero-order valence-electron chi connectivity index (χ0n) is 17.4. The van der Waals surface area contributed by atoms with E-state index in [1.165, 1.54) is 5.69 Å². The smallest absolute Gasteiger partial charge is 0.274 e. The topological polar surface area (TPSA) is 70.2 Å². The van der Waals surface area contributed by atoms with Crippen LogP contribution in [0.15, 0.2) is 54.6 Å². The summed E-state index contributed by atoms with van der Waals surface area (Å²) in [6.45, 7) is 10.0. The number of benzene rings is 2. The molecule has 0 fully saturated rings. The monoisotopic (exact) mass is 389 g/mol. The van der Waals surface area contributed by atoms with E-state index in [0.29, 0.717) is 11.6 Å². The van der Waals surface area contributed by atoms with Crippen LogP contribution in [0.25, 0.3) is 0 Å². The third-order valence-corrected chi connectivity index (χ3v) is 4.61. The number of aryl methyl sites for hydroxylation is 2. The summed E-state index contributed by atoms with van der Waals surface area (Å²) in [6.07, 6.45) is 0. The second-order valence-electron chi connectivity index (χ2n) is 6.89. The van der Waals surface area contributed by atoms with Crippen molar-refractivity contribution in [2.45, 2.75) is 27.7 Å². The molecule has 1 heterocycles. The summed E-state index contributed by atoms with van der Waals surface area (Å²) in [5, 5.41) is 6.08. The number of nitrogens with one attached hydrogen (secondary N) is 2. The van der Waals surface area contributed by atoms with Gasteiger partial charge in [0.15, 0.2) is 0 Å². The molecule has 0 unspecified atom stereocenters. The quantitative estimate of drug-likeness (QED) is 0.599. The van der Waals surface area contributed by atoms with Crippen LogP contribution in [0.4, 0.5) is 23.0 Å². The van der Waals surface area contributed by atoms with E-state index in [4.69, 9.17) is 0 Å². The lowest BCUT2D eigenvalue weighted by atomic mass is 10.2. The third kappa shape index (κ3) is 5.31. The van der Waals surface area contributed by atoms with E-state index in [9.17, 15) is 4.79 Å². The fourth-order valence-corrected chi connectivity index (χ4v) is 3.13. The molecule has 150 valence electrons. The standard InChI is InChI=1S/C23H27N5O/c1-5-28(6-2)20-12-10-18(11-13-20)26-23-24-17(4)15-21(27-23)22(29)25-19-9-7-8-16(3)14-19/h7-15H,5-6H2,1-4H3,(H,25,29)(H,24,26,27). The van der Waals surface area contributed by atoms with Crippen molar-refractivity contribution in [1.29, 1.82) is 0 Å². The maximum absolute atomic E-state index is 12.6. The molecule has 2 N–H and O–H groups in total. The first kappa shape index (κ1) is 20.3. The van der Waals surface area contributed by atoms with E-state index in [1.54, 1.807) is 6.07 Å². The van der Waals surface area contributed by atoms with Gasteiger partial charge in [-0.25, -0.2) is 9.97 Å². The number of hydrogen-bond donors (Lipinski definition) is 2. The lowest BCUT2D eigenvalue weighted by molar-refractivity contribution is 0.102. The van der Waals surface area contributed by atoms with E-state index in [0.717, 1.165) is 35.7 Å². The Balaban J connectivity index is 1.75. The number of aromatic nitrogens is 2. The number of hydrogen-bond acceptors (Lipinski definition) is 5. The molecule has 0 saturated heterocycles. The summed E-state index contributed by atoms with van der Waals surface area (Å²) in [6, 6.07) is 17.5. The van der Waals surface area contributed by atoms with Gasteiger partial charge in [-0.3, -0.25) is 4.79 Å². The molecule has 0 saturated carbocycles. The Bertz CT molecular complexity index is 981. The molecule has 0 bridgehead atoms. The number of carbonyl (C=O) groups excluding carboxylic acids is 1. The molecule has 0 aliphatic carbocycles. The number of rotatable bonds is 7. The Kier molecular flexibility index (Phi) is 6.44. The SMILES string of the molecule is CCN(CC)c1ccc(Nc2nc(C)cc(C(=O)Nc3cccc(C)c3)n2)cc1. The number of amides is 1. The zero-order valence-corrected chi connectivity index (χ0v) is 17.4. The van der Waals surface area contributed by atoms with Crippen molar-refractivity contribution < 1.29 is 4.79 Å². The van der Waals surface area contributed by atoms with E-state index in [1.807, 2.05) is 50.2 Å². The highest BCUT2D eigenvalue weighted by atomic mass is 16.1. The minimum Gasteiger partial charge on any atom is -0.372 e. The summed E-state index contributed by atoms with van der Waals surface area (Å²) in [5.74, 6) is 0.135. The summed E-state index contributed by atoms with van der Waals surface area (Å²) in [7, 11) is 0. The van der Waals surface area contributed by atoms with Crippen molar-refractivity contribution in [2.75, 3.05) is 28.6 Å². The van der Waals surface area contributed by atoms with Crippen molar-refractivity contribution in [1.82, 2.24) is 9.97 Å². The van der Waals surface area contributed by atoms with E-state index < -0.39 is 0 Å². The Morgan fingerprint density at radius 3 is 2.31 bits per heavy atom. The molecule has 6 nitrogen and oxygen atoms in total. The van der Waals surface area contributed by atoms with Gasteiger partial charge in [-0.15, -0.1) is 0 Å². The van der Waals surface area contributed by atoms with Crippen LogP contribution in [0.3, 0.4) is 0 Å². The fraction of sp³-hybridized carbons (Fsp3) is 0.261. The molecule has 0 atom stereocenters. The molecular formula is C23H27N5O. The van der Waals surface area contributed by atoms with Crippen LogP contribution in [0.5, 0.6) is 0 Å². The Labute approximate surface area is 172 Å². The molecule has 6 heteroatoms. The molecular weight excluding hydrogens is 362 g/mol. The minimum atomic E-state index is -0.263. The summed E-state index contributed by atoms with van der Waals surface area (Å²) >= 11 is 0. The lowest BCUT2D eigenvalue weighted by Gasteiger charge is -2.21. The molecule has 3 rings (SSSR count). The molecule has 2 aromatic carbocycles. The van der Waals surface area contributed by atoms with Gasteiger partial charge in [0.1, 0.15) is 5.69 Å². The largest absolute Gasteiger partial charge is 0.372 e. The Hall–Kier alpha value is -3.41. The average Bonchev–Trinajstić information content (AvgIpc) is 2.70. The molecule has 29 heavy (non-hydrogen) atoms. The first-order valence-corrected chi connectivity index (χ1v) is 9.84. The second kappa shape index (κ2) is 9.19. The average molecular weight is 390 g/mol. The van der Waals surface area contributed by atoms with Gasteiger partial charge in [-0.1, -0.05) is 12.1 Å². The normalized spacial score (nSPS) is 10.5. The van der Waals surface area contributed by atoms with E-state index in [2.05, 4.69) is 51.5 Å². The number of anilines is 4. The maximum atomic E-state index is 12.6. The van der Waals surface area contributed by atoms with Crippen molar-refractivity contribution in [2.24, 2.45) is 0 Å². The van der Waals surface area contributed by atoms with Crippen molar-refractivity contribution >= 4 is 28.9 Å². The highest BCUT2D eigenvalue weighted by molar-refractivity contribution is 6.03. The fourth-order valence-electron chi connectivity index (χ4n) is 3.13. The van der Waals surface area contributed by atoms with Crippen LogP contribution in [0.1, 0.15) is 35.6 Å². The van der Waals surface area contributed by atoms with Crippen LogP contribution >= 0.6 is 0 Å². The van der Waals surface area contributed by atoms with Crippen LogP contribution in [0, 0.1) is 13.8 Å². The predicted molar refractivity (Wildman–Crippen MR) is 119 cm³/mol. The molecule has 1 amide bonds. The first-order chi connectivity index (χ1) is 14.0. The molecule has 1 aromatic heterocycles. The summed E-state index contributed by atoms with van der Waals surface area (Å²) in [4.78, 5) is 23.7. The van der Waals surface area contributed by atoms with Crippen molar-refractivity contribution in [3.8, 4) is 0 Å². The molecule has 0 spiro atoms. The molecule has 3 aromatic rings. The maximum Gasteiger partial charge on any atom is 0.274 e. The van der Waals surface area contributed by atoms with E-state index >= 15 is 0 Å². The van der Waals surface area contributed by atoms with Crippen molar-refractivity contribution in [3.63, 3.8) is 0 Å².